The minimum Gasteiger partial charge on any atom is -0.486 e. The molecule has 3 amide bonds. The van der Waals surface area contributed by atoms with Gasteiger partial charge in [-0.05, 0) is 48.9 Å². The summed E-state index contributed by atoms with van der Waals surface area (Å²) < 4.78 is 12.8. The number of urea groups is 1. The normalized spacial score (nSPS) is 12.3. The number of carbonyl (C=O) groups is 2. The van der Waals surface area contributed by atoms with Gasteiger partial charge in [0.2, 0.25) is 5.91 Å². The Balaban J connectivity index is 1.18. The highest BCUT2D eigenvalue weighted by atomic mass is 32.2. The molecule has 0 saturated carbocycles. The van der Waals surface area contributed by atoms with E-state index in [2.05, 4.69) is 20.9 Å². The summed E-state index contributed by atoms with van der Waals surface area (Å²) in [7, 11) is 0. The van der Waals surface area contributed by atoms with E-state index in [-0.39, 0.29) is 17.7 Å². The number of aryl methyl sites for hydroxylation is 1. The van der Waals surface area contributed by atoms with E-state index in [1.807, 2.05) is 43.3 Å². The number of carbonyl (C=O) groups excluding carboxylic acids is 2. The van der Waals surface area contributed by atoms with E-state index < -0.39 is 0 Å². The van der Waals surface area contributed by atoms with Gasteiger partial charge in [0.1, 0.15) is 13.2 Å². The minimum absolute atomic E-state index is 0.0817. The second-order valence-corrected chi connectivity index (χ2v) is 10.0. The first-order valence-corrected chi connectivity index (χ1v) is 12.7. The highest BCUT2D eigenvalue weighted by Gasteiger charge is 2.14. The predicted molar refractivity (Wildman–Crippen MR) is 140 cm³/mol. The molecule has 8 nitrogen and oxygen atoms in total. The van der Waals surface area contributed by atoms with Crippen molar-refractivity contribution < 1.29 is 19.1 Å². The third-order valence-electron chi connectivity index (χ3n) is 5.17. The molecule has 0 bridgehead atoms. The zero-order valence-electron chi connectivity index (χ0n) is 18.8. The number of para-hydroxylation sites is 1. The van der Waals surface area contributed by atoms with E-state index in [4.69, 9.17) is 9.47 Å². The van der Waals surface area contributed by atoms with Crippen molar-refractivity contribution in [2.45, 2.75) is 11.3 Å². The highest BCUT2D eigenvalue weighted by molar-refractivity contribution is 8.01. The van der Waals surface area contributed by atoms with Gasteiger partial charge in [-0.3, -0.25) is 4.79 Å². The molecule has 1 aromatic heterocycles. The molecule has 1 aliphatic rings. The topological polar surface area (TPSA) is 102 Å². The maximum Gasteiger partial charge on any atom is 0.323 e. The molecule has 0 saturated heterocycles. The lowest BCUT2D eigenvalue weighted by Gasteiger charge is -2.19. The van der Waals surface area contributed by atoms with E-state index in [9.17, 15) is 9.59 Å². The fraction of sp³-hybridized carbons (Fsp3) is 0.160. The van der Waals surface area contributed by atoms with Gasteiger partial charge in [-0.15, -0.1) is 11.3 Å². The van der Waals surface area contributed by atoms with Crippen LogP contribution in [-0.2, 0) is 4.79 Å². The van der Waals surface area contributed by atoms with Crippen LogP contribution >= 0.6 is 23.1 Å². The fourth-order valence-electron chi connectivity index (χ4n) is 3.48. The second kappa shape index (κ2) is 10.2. The quantitative estimate of drug-likeness (QED) is 0.288. The molecule has 35 heavy (non-hydrogen) atoms. The van der Waals surface area contributed by atoms with Crippen molar-refractivity contribution >= 4 is 62.3 Å². The Hall–Kier alpha value is -3.76. The molecule has 10 heteroatoms. The molecule has 3 N–H and O–H groups in total. The Morgan fingerprint density at radius 3 is 2.51 bits per heavy atom. The Morgan fingerprint density at radius 2 is 1.69 bits per heavy atom. The number of fused-ring (bicyclic) bond motifs is 2. The standard InChI is InChI=1S/C25H22N4O4S2/c1-15-4-2-3-5-18(15)28-23(30)14-34-25-29-19-8-6-17(13-22(19)35-25)27-24(31)26-16-7-9-20-21(12-16)33-11-10-32-20/h2-9,12-13H,10-11,14H2,1H3,(H,28,30)(H2,26,27,31). The van der Waals surface area contributed by atoms with Gasteiger partial charge in [-0.1, -0.05) is 30.0 Å². The largest absolute Gasteiger partial charge is 0.486 e. The number of amides is 3. The van der Waals surface area contributed by atoms with Crippen LogP contribution in [0.2, 0.25) is 0 Å². The lowest BCUT2D eigenvalue weighted by molar-refractivity contribution is -0.113. The number of thiazole rings is 1. The van der Waals surface area contributed by atoms with Crippen LogP contribution in [0.3, 0.4) is 0 Å². The summed E-state index contributed by atoms with van der Waals surface area (Å²) in [6, 6.07) is 18.1. The first-order chi connectivity index (χ1) is 17.0. The number of nitrogens with zero attached hydrogens (tertiary/aromatic N) is 1. The molecule has 4 aromatic rings. The average molecular weight is 507 g/mol. The van der Waals surface area contributed by atoms with Crippen LogP contribution in [0.1, 0.15) is 5.56 Å². The number of hydrogen-bond donors (Lipinski definition) is 3. The molecular formula is C25H22N4O4S2. The third kappa shape index (κ3) is 5.67. The summed E-state index contributed by atoms with van der Waals surface area (Å²) in [5.74, 6) is 1.45. The van der Waals surface area contributed by atoms with Crippen molar-refractivity contribution in [3.05, 3.63) is 66.2 Å². The van der Waals surface area contributed by atoms with Gasteiger partial charge >= 0.3 is 6.03 Å². The Kier molecular flexibility index (Phi) is 6.73. The molecule has 2 heterocycles. The van der Waals surface area contributed by atoms with Crippen LogP contribution in [-0.4, -0.2) is 35.9 Å². The molecule has 0 aliphatic carbocycles. The summed E-state index contributed by atoms with van der Waals surface area (Å²) in [6.07, 6.45) is 0. The van der Waals surface area contributed by atoms with E-state index in [0.29, 0.717) is 36.1 Å². The maximum absolute atomic E-state index is 12.5. The van der Waals surface area contributed by atoms with Gasteiger partial charge in [0, 0.05) is 23.1 Å². The minimum atomic E-state index is -0.368. The van der Waals surface area contributed by atoms with Gasteiger partial charge in [-0.25, -0.2) is 9.78 Å². The first-order valence-electron chi connectivity index (χ1n) is 10.9. The number of aromatic nitrogens is 1. The molecule has 0 spiro atoms. The number of nitrogens with one attached hydrogen (secondary N) is 3. The van der Waals surface area contributed by atoms with Crippen molar-refractivity contribution in [1.82, 2.24) is 4.98 Å². The molecule has 0 fully saturated rings. The summed E-state index contributed by atoms with van der Waals surface area (Å²) >= 11 is 2.86. The van der Waals surface area contributed by atoms with E-state index in [1.165, 1.54) is 23.1 Å². The third-order valence-corrected chi connectivity index (χ3v) is 7.33. The lowest BCUT2D eigenvalue weighted by atomic mass is 10.2. The smallest absolute Gasteiger partial charge is 0.323 e. The average Bonchev–Trinajstić information content (AvgIpc) is 3.26. The van der Waals surface area contributed by atoms with Crippen molar-refractivity contribution in [3.8, 4) is 11.5 Å². The Labute approximate surface area is 210 Å². The van der Waals surface area contributed by atoms with Gasteiger partial charge in [0.25, 0.3) is 0 Å². The SMILES string of the molecule is Cc1ccccc1NC(=O)CSc1nc2ccc(NC(=O)Nc3ccc4c(c3)OCCO4)cc2s1. The van der Waals surface area contributed by atoms with E-state index >= 15 is 0 Å². The Bertz CT molecular complexity index is 1410. The van der Waals surface area contributed by atoms with Crippen LogP contribution in [0.5, 0.6) is 11.5 Å². The molecule has 178 valence electrons. The van der Waals surface area contributed by atoms with E-state index in [1.54, 1.807) is 24.3 Å². The molecule has 0 radical (unpaired) electrons. The zero-order valence-corrected chi connectivity index (χ0v) is 20.4. The molecule has 0 unspecified atom stereocenters. The zero-order chi connectivity index (χ0) is 24.2. The van der Waals surface area contributed by atoms with Crippen molar-refractivity contribution in [2.75, 3.05) is 34.9 Å². The van der Waals surface area contributed by atoms with Crippen molar-refractivity contribution in [1.29, 1.82) is 0 Å². The van der Waals surface area contributed by atoms with Gasteiger partial charge < -0.3 is 25.4 Å². The molecule has 0 atom stereocenters. The van der Waals surface area contributed by atoms with Crippen LogP contribution < -0.4 is 25.4 Å². The van der Waals surface area contributed by atoms with Gasteiger partial charge in [0.15, 0.2) is 15.8 Å². The highest BCUT2D eigenvalue weighted by Crippen LogP contribution is 2.33. The fourth-order valence-corrected chi connectivity index (χ4v) is 5.39. The molecule has 1 aliphatic heterocycles. The number of ether oxygens (including phenoxy) is 2. The maximum atomic E-state index is 12.5. The number of rotatable bonds is 6. The number of thioether (sulfide) groups is 1. The summed E-state index contributed by atoms with van der Waals surface area (Å²) in [5.41, 5.74) is 3.89. The summed E-state index contributed by atoms with van der Waals surface area (Å²) in [6.45, 7) is 2.95. The van der Waals surface area contributed by atoms with Crippen molar-refractivity contribution in [2.24, 2.45) is 0 Å². The summed E-state index contributed by atoms with van der Waals surface area (Å²) in [4.78, 5) is 29.4. The number of hydrogen-bond acceptors (Lipinski definition) is 7. The van der Waals surface area contributed by atoms with Gasteiger partial charge in [0.05, 0.1) is 16.0 Å². The molecular weight excluding hydrogens is 484 g/mol. The molecule has 5 rings (SSSR count). The predicted octanol–water partition coefficient (Wildman–Crippen LogP) is 5.75. The lowest BCUT2D eigenvalue weighted by Crippen LogP contribution is -2.20. The van der Waals surface area contributed by atoms with Crippen LogP contribution in [0.4, 0.5) is 21.9 Å². The van der Waals surface area contributed by atoms with E-state index in [0.717, 1.165) is 25.8 Å². The Morgan fingerprint density at radius 1 is 0.943 bits per heavy atom. The second-order valence-electron chi connectivity index (χ2n) is 7.75. The number of anilines is 3. The van der Waals surface area contributed by atoms with Crippen molar-refractivity contribution in [3.63, 3.8) is 0 Å². The molecule has 3 aromatic carbocycles. The number of benzene rings is 3. The van der Waals surface area contributed by atoms with Crippen LogP contribution in [0.25, 0.3) is 10.2 Å². The monoisotopic (exact) mass is 506 g/mol. The first kappa shape index (κ1) is 23.0. The van der Waals surface area contributed by atoms with Crippen LogP contribution in [0.15, 0.2) is 65.0 Å². The van der Waals surface area contributed by atoms with Gasteiger partial charge in [-0.2, -0.15) is 0 Å². The van der Waals surface area contributed by atoms with Crippen LogP contribution in [0, 0.1) is 6.92 Å². The summed E-state index contributed by atoms with van der Waals surface area (Å²) in [5, 5.41) is 8.57.